The molecule has 10 heavy (non-hydrogen) atoms. The highest BCUT2D eigenvalue weighted by atomic mass is 14.7. The van der Waals surface area contributed by atoms with E-state index in [-0.39, 0.29) is 5.54 Å². The van der Waals surface area contributed by atoms with Gasteiger partial charge < -0.3 is 0 Å². The minimum Gasteiger partial charge on any atom is -0.251 e. The maximum Gasteiger partial charge on any atom is 0.0321 e. The Morgan fingerprint density at radius 1 is 1.10 bits per heavy atom. The Labute approximate surface area is 64.0 Å². The summed E-state index contributed by atoms with van der Waals surface area (Å²) in [6, 6.07) is 0. The Bertz CT molecular complexity index is 90.9. The lowest BCUT2D eigenvalue weighted by atomic mass is 9.89. The zero-order valence-electron chi connectivity index (χ0n) is 6.95. The van der Waals surface area contributed by atoms with E-state index in [1.807, 2.05) is 0 Å². The van der Waals surface area contributed by atoms with Gasteiger partial charge in [-0.15, -0.1) is 0 Å². The van der Waals surface area contributed by atoms with Gasteiger partial charge in [-0.3, -0.25) is 5.73 Å². The van der Waals surface area contributed by atoms with Crippen LogP contribution in [0.5, 0.6) is 0 Å². The van der Waals surface area contributed by atoms with Gasteiger partial charge >= 0.3 is 0 Å². The van der Waals surface area contributed by atoms with Gasteiger partial charge in [0.25, 0.3) is 0 Å². The highest BCUT2D eigenvalue weighted by Crippen LogP contribution is 2.28. The largest absolute Gasteiger partial charge is 0.251 e. The minimum atomic E-state index is -0.0451. The van der Waals surface area contributed by atoms with Crippen molar-refractivity contribution < 1.29 is 0 Å². The standard InChI is InChI=1S/C9H18N/c1-2-9(10)7-5-3-4-6-8-9/h10H,2-8H2,1H3. The molecule has 0 saturated heterocycles. The third-order valence-electron chi connectivity index (χ3n) is 2.74. The third kappa shape index (κ3) is 1.98. The molecule has 1 saturated carbocycles. The summed E-state index contributed by atoms with van der Waals surface area (Å²) < 4.78 is 0. The summed E-state index contributed by atoms with van der Waals surface area (Å²) in [6.45, 7) is 2.15. The first-order valence-electron chi connectivity index (χ1n) is 4.52. The molecule has 0 aromatic carbocycles. The molecule has 1 aliphatic carbocycles. The lowest BCUT2D eigenvalue weighted by molar-refractivity contribution is 0.346. The zero-order chi connectivity index (χ0) is 7.45. The second-order valence-corrected chi connectivity index (χ2v) is 3.55. The molecule has 1 nitrogen and oxygen atoms in total. The van der Waals surface area contributed by atoms with Gasteiger partial charge in [-0.2, -0.15) is 0 Å². The van der Waals surface area contributed by atoms with Gasteiger partial charge in [-0.25, -0.2) is 0 Å². The predicted octanol–water partition coefficient (Wildman–Crippen LogP) is 2.77. The zero-order valence-corrected chi connectivity index (χ0v) is 6.95. The van der Waals surface area contributed by atoms with Crippen LogP contribution < -0.4 is 5.73 Å². The molecule has 1 N–H and O–H groups in total. The number of rotatable bonds is 1. The van der Waals surface area contributed by atoms with Gasteiger partial charge in [-0.05, 0) is 19.3 Å². The molecular formula is C9H18N. The summed E-state index contributed by atoms with van der Waals surface area (Å²) in [4.78, 5) is 0. The van der Waals surface area contributed by atoms with Crippen LogP contribution in [0.25, 0.3) is 0 Å². The summed E-state index contributed by atoms with van der Waals surface area (Å²) >= 11 is 0. The predicted molar refractivity (Wildman–Crippen MR) is 43.8 cm³/mol. The highest BCUT2D eigenvalue weighted by Gasteiger charge is 2.24. The molecule has 0 unspecified atom stereocenters. The molecule has 1 rings (SSSR count). The molecule has 0 aromatic rings. The number of hydrogen-bond acceptors (Lipinski definition) is 0. The normalized spacial score (nSPS) is 25.8. The molecule has 1 fully saturated rings. The van der Waals surface area contributed by atoms with Gasteiger partial charge in [-0.1, -0.05) is 32.6 Å². The second kappa shape index (κ2) is 3.38. The fraction of sp³-hybridized carbons (Fsp3) is 1.00. The van der Waals surface area contributed by atoms with E-state index in [0.29, 0.717) is 0 Å². The summed E-state index contributed by atoms with van der Waals surface area (Å²) in [5.41, 5.74) is 7.96. The quantitative estimate of drug-likeness (QED) is 0.500. The molecule has 59 valence electrons. The van der Waals surface area contributed by atoms with E-state index in [1.165, 1.54) is 25.7 Å². The molecule has 0 aliphatic heterocycles. The molecule has 1 heteroatoms. The summed E-state index contributed by atoms with van der Waals surface area (Å²) in [6.07, 6.45) is 8.63. The van der Waals surface area contributed by atoms with Crippen LogP contribution in [-0.2, 0) is 0 Å². The monoisotopic (exact) mass is 140 g/mol. The molecule has 0 amide bonds. The van der Waals surface area contributed by atoms with E-state index in [9.17, 15) is 0 Å². The summed E-state index contributed by atoms with van der Waals surface area (Å²) in [5.74, 6) is 0. The molecule has 0 heterocycles. The van der Waals surface area contributed by atoms with E-state index < -0.39 is 0 Å². The van der Waals surface area contributed by atoms with Crippen LogP contribution in [-0.4, -0.2) is 5.54 Å². The second-order valence-electron chi connectivity index (χ2n) is 3.55. The Balaban J connectivity index is 2.41. The van der Waals surface area contributed by atoms with Crippen molar-refractivity contribution in [3.05, 3.63) is 0 Å². The van der Waals surface area contributed by atoms with Crippen molar-refractivity contribution in [2.24, 2.45) is 0 Å². The molecule has 1 aliphatic rings. The first-order chi connectivity index (χ1) is 4.77. The SMILES string of the molecule is CCC1([NH])CCCCCC1. The maximum atomic E-state index is 8.01. The smallest absolute Gasteiger partial charge is 0.0321 e. The van der Waals surface area contributed by atoms with Crippen molar-refractivity contribution in [3.8, 4) is 0 Å². The van der Waals surface area contributed by atoms with Crippen molar-refractivity contribution in [1.82, 2.24) is 5.73 Å². The van der Waals surface area contributed by atoms with Gasteiger partial charge in [0.15, 0.2) is 0 Å². The highest BCUT2D eigenvalue weighted by molar-refractivity contribution is 4.83. The molecule has 1 radical (unpaired) electrons. The number of hydrogen-bond donors (Lipinski definition) is 0. The topological polar surface area (TPSA) is 23.8 Å². The van der Waals surface area contributed by atoms with E-state index >= 15 is 0 Å². The van der Waals surface area contributed by atoms with Crippen LogP contribution in [0.1, 0.15) is 51.9 Å². The van der Waals surface area contributed by atoms with Crippen molar-refractivity contribution in [3.63, 3.8) is 0 Å². The molecule has 0 spiro atoms. The van der Waals surface area contributed by atoms with Crippen molar-refractivity contribution in [2.75, 3.05) is 0 Å². The number of nitrogens with one attached hydrogen (secondary N) is 1. The fourth-order valence-corrected chi connectivity index (χ4v) is 1.76. The maximum absolute atomic E-state index is 8.01. The van der Waals surface area contributed by atoms with E-state index in [4.69, 9.17) is 5.73 Å². The van der Waals surface area contributed by atoms with Crippen LogP contribution in [0.15, 0.2) is 0 Å². The van der Waals surface area contributed by atoms with Gasteiger partial charge in [0.2, 0.25) is 0 Å². The average molecular weight is 140 g/mol. The van der Waals surface area contributed by atoms with Crippen LogP contribution in [0.3, 0.4) is 0 Å². The Kier molecular flexibility index (Phi) is 2.72. The minimum absolute atomic E-state index is 0.0451. The lowest BCUT2D eigenvalue weighted by Gasteiger charge is -2.24. The van der Waals surface area contributed by atoms with Crippen molar-refractivity contribution in [1.29, 1.82) is 0 Å². The summed E-state index contributed by atoms with van der Waals surface area (Å²) in [7, 11) is 0. The van der Waals surface area contributed by atoms with Crippen LogP contribution in [0.2, 0.25) is 0 Å². The third-order valence-corrected chi connectivity index (χ3v) is 2.74. The van der Waals surface area contributed by atoms with Gasteiger partial charge in [0.1, 0.15) is 0 Å². The van der Waals surface area contributed by atoms with E-state index in [1.54, 1.807) is 0 Å². The Morgan fingerprint density at radius 2 is 1.60 bits per heavy atom. The first-order valence-corrected chi connectivity index (χ1v) is 4.52. The summed E-state index contributed by atoms with van der Waals surface area (Å²) in [5, 5.41) is 0. The molecular weight excluding hydrogens is 122 g/mol. The van der Waals surface area contributed by atoms with Gasteiger partial charge in [0.05, 0.1) is 0 Å². The molecule has 0 atom stereocenters. The van der Waals surface area contributed by atoms with Crippen LogP contribution in [0, 0.1) is 0 Å². The van der Waals surface area contributed by atoms with Crippen molar-refractivity contribution in [2.45, 2.75) is 57.4 Å². The first kappa shape index (κ1) is 8.06. The fourth-order valence-electron chi connectivity index (χ4n) is 1.76. The Hall–Kier alpha value is -0.0400. The van der Waals surface area contributed by atoms with E-state index in [0.717, 1.165) is 19.3 Å². The van der Waals surface area contributed by atoms with Crippen LogP contribution >= 0.6 is 0 Å². The van der Waals surface area contributed by atoms with Gasteiger partial charge in [0, 0.05) is 5.54 Å². The lowest BCUT2D eigenvalue weighted by Crippen LogP contribution is -2.28. The molecule has 0 bridgehead atoms. The van der Waals surface area contributed by atoms with E-state index in [2.05, 4.69) is 6.92 Å². The average Bonchev–Trinajstić information content (AvgIpc) is 2.15. The van der Waals surface area contributed by atoms with Crippen LogP contribution in [0.4, 0.5) is 0 Å². The molecule has 0 aromatic heterocycles. The Morgan fingerprint density at radius 3 is 2.00 bits per heavy atom. The van der Waals surface area contributed by atoms with Crippen molar-refractivity contribution >= 4 is 0 Å².